The van der Waals surface area contributed by atoms with Crippen molar-refractivity contribution in [1.82, 2.24) is 25.2 Å². The first-order chi connectivity index (χ1) is 16.1. The van der Waals surface area contributed by atoms with Crippen molar-refractivity contribution in [2.45, 2.75) is 26.1 Å². The molecule has 0 aliphatic carbocycles. The summed E-state index contributed by atoms with van der Waals surface area (Å²) in [4.78, 5) is 16.3. The Bertz CT molecular complexity index is 1240. The molecule has 0 bridgehead atoms. The van der Waals surface area contributed by atoms with Crippen LogP contribution in [0.3, 0.4) is 0 Å². The molecule has 0 spiro atoms. The zero-order valence-corrected chi connectivity index (χ0v) is 18.7. The number of nitrogens with zero attached hydrogens (tertiary/aromatic N) is 5. The highest BCUT2D eigenvalue weighted by Gasteiger charge is 2.28. The van der Waals surface area contributed by atoms with Crippen molar-refractivity contribution in [2.24, 2.45) is 0 Å². The van der Waals surface area contributed by atoms with Crippen molar-refractivity contribution in [3.05, 3.63) is 64.5 Å². The number of esters is 1. The van der Waals surface area contributed by atoms with Gasteiger partial charge >= 0.3 is 5.97 Å². The van der Waals surface area contributed by atoms with Gasteiger partial charge in [-0.05, 0) is 42.3 Å². The second-order valence-electron chi connectivity index (χ2n) is 8.90. The topological polar surface area (TPSA) is 84.8 Å². The van der Waals surface area contributed by atoms with Gasteiger partial charge in [-0.3, -0.25) is 4.90 Å². The number of hydrogen-bond acceptors (Lipinski definition) is 8. The van der Waals surface area contributed by atoms with Gasteiger partial charge in [0.05, 0.1) is 28.8 Å². The smallest absolute Gasteiger partial charge is 0.338 e. The van der Waals surface area contributed by atoms with Gasteiger partial charge in [-0.25, -0.2) is 9.48 Å². The Morgan fingerprint density at radius 2 is 2.12 bits per heavy atom. The van der Waals surface area contributed by atoms with Crippen LogP contribution in [0.1, 0.15) is 38.8 Å². The number of benzene rings is 2. The Hall–Kier alpha value is -3.43. The molecule has 33 heavy (non-hydrogen) atoms. The molecular weight excluding hydrogens is 420 g/mol. The molecule has 170 valence electrons. The van der Waals surface area contributed by atoms with E-state index in [1.165, 1.54) is 5.56 Å². The molecule has 1 fully saturated rings. The van der Waals surface area contributed by atoms with Gasteiger partial charge in [0.1, 0.15) is 12.4 Å². The number of carbonyl (C=O) groups is 1. The second kappa shape index (κ2) is 7.86. The average molecular weight is 447 g/mol. The van der Waals surface area contributed by atoms with Gasteiger partial charge in [0.15, 0.2) is 6.73 Å². The third kappa shape index (κ3) is 3.53. The van der Waals surface area contributed by atoms with E-state index < -0.39 is 0 Å². The van der Waals surface area contributed by atoms with E-state index in [1.807, 2.05) is 36.1 Å². The predicted molar refractivity (Wildman–Crippen MR) is 122 cm³/mol. The lowest BCUT2D eigenvalue weighted by Gasteiger charge is -2.34. The van der Waals surface area contributed by atoms with Crippen LogP contribution in [0, 0.1) is 6.92 Å². The summed E-state index contributed by atoms with van der Waals surface area (Å²) in [6.07, 6.45) is 2.00. The molecule has 3 aliphatic heterocycles. The minimum absolute atomic E-state index is 0.196. The standard InChI is InChI=1S/C24H26N6O3/c1-15-18(4-5-19-20(15)13-32-24(19)31)21-12-29(8-7-25-21)10-16-11-30(27-26-16)17-3-6-23-22(9-17)28(2)14-33-23/h3-6,9,11,21,25H,7-8,10,12-14H2,1-2H3/t21-/m0/s1. The van der Waals surface area contributed by atoms with Crippen LogP contribution in [0.25, 0.3) is 5.69 Å². The number of rotatable bonds is 4. The quantitative estimate of drug-likeness (QED) is 0.611. The normalized spacial score (nSPS) is 19.9. The molecule has 3 aromatic rings. The maximum atomic E-state index is 11.9. The van der Waals surface area contributed by atoms with Gasteiger partial charge in [0.2, 0.25) is 0 Å². The van der Waals surface area contributed by atoms with Gasteiger partial charge < -0.3 is 19.7 Å². The molecule has 0 saturated carbocycles. The van der Waals surface area contributed by atoms with E-state index >= 15 is 0 Å². The van der Waals surface area contributed by atoms with E-state index in [4.69, 9.17) is 9.47 Å². The number of fused-ring (bicyclic) bond motifs is 2. The van der Waals surface area contributed by atoms with Crippen molar-refractivity contribution in [2.75, 3.05) is 38.3 Å². The fraction of sp³-hybridized carbons (Fsp3) is 0.375. The first kappa shape index (κ1) is 20.2. The van der Waals surface area contributed by atoms with Gasteiger partial charge in [0.25, 0.3) is 0 Å². The van der Waals surface area contributed by atoms with Crippen LogP contribution >= 0.6 is 0 Å². The van der Waals surface area contributed by atoms with E-state index in [1.54, 1.807) is 0 Å². The number of hydrogen-bond donors (Lipinski definition) is 1. The number of piperazine rings is 1. The zero-order valence-electron chi connectivity index (χ0n) is 18.7. The molecule has 1 saturated heterocycles. The first-order valence-corrected chi connectivity index (χ1v) is 11.2. The summed E-state index contributed by atoms with van der Waals surface area (Å²) in [5.41, 5.74) is 7.05. The van der Waals surface area contributed by atoms with Gasteiger partial charge in [-0.1, -0.05) is 11.3 Å². The molecule has 3 aliphatic rings. The van der Waals surface area contributed by atoms with Crippen molar-refractivity contribution >= 4 is 11.7 Å². The SMILES string of the molecule is Cc1c([C@@H]2CN(Cc3cn(-c4ccc5c(c4)N(C)CO5)nn3)CCN2)ccc2c1COC2=O. The molecule has 6 rings (SSSR count). The highest BCUT2D eigenvalue weighted by atomic mass is 16.5. The molecule has 9 nitrogen and oxygen atoms in total. The van der Waals surface area contributed by atoms with E-state index in [0.717, 1.165) is 60.1 Å². The molecule has 1 atom stereocenters. The molecule has 2 aromatic carbocycles. The number of aromatic nitrogens is 3. The molecule has 4 heterocycles. The molecule has 0 amide bonds. The summed E-state index contributed by atoms with van der Waals surface area (Å²) >= 11 is 0. The van der Waals surface area contributed by atoms with Crippen molar-refractivity contribution in [1.29, 1.82) is 0 Å². The Morgan fingerprint density at radius 3 is 3.03 bits per heavy atom. The van der Waals surface area contributed by atoms with E-state index in [0.29, 0.717) is 18.9 Å². The summed E-state index contributed by atoms with van der Waals surface area (Å²) in [6.45, 7) is 6.45. The highest BCUT2D eigenvalue weighted by Crippen LogP contribution is 2.34. The lowest BCUT2D eigenvalue weighted by Crippen LogP contribution is -2.45. The number of nitrogens with one attached hydrogen (secondary N) is 1. The molecule has 1 N–H and O–H groups in total. The minimum Gasteiger partial charge on any atom is -0.471 e. The fourth-order valence-electron chi connectivity index (χ4n) is 4.94. The molecular formula is C24H26N6O3. The lowest BCUT2D eigenvalue weighted by atomic mass is 9.93. The summed E-state index contributed by atoms with van der Waals surface area (Å²) in [5.74, 6) is 0.676. The summed E-state index contributed by atoms with van der Waals surface area (Å²) in [6, 6.07) is 10.2. The second-order valence-corrected chi connectivity index (χ2v) is 8.90. The third-order valence-corrected chi connectivity index (χ3v) is 6.80. The van der Waals surface area contributed by atoms with Gasteiger partial charge in [-0.15, -0.1) is 5.10 Å². The number of ether oxygens (including phenoxy) is 2. The van der Waals surface area contributed by atoms with Crippen molar-refractivity contribution in [3.8, 4) is 11.4 Å². The minimum atomic E-state index is -0.219. The summed E-state index contributed by atoms with van der Waals surface area (Å²) in [7, 11) is 2.01. The van der Waals surface area contributed by atoms with Crippen LogP contribution in [0.15, 0.2) is 36.5 Å². The third-order valence-electron chi connectivity index (χ3n) is 6.80. The fourth-order valence-corrected chi connectivity index (χ4v) is 4.94. The molecule has 0 radical (unpaired) electrons. The number of carbonyl (C=O) groups excluding carboxylic acids is 1. The molecule has 9 heteroatoms. The summed E-state index contributed by atoms with van der Waals surface area (Å²) in [5, 5.41) is 12.4. The van der Waals surface area contributed by atoms with Crippen LogP contribution in [-0.4, -0.2) is 59.3 Å². The van der Waals surface area contributed by atoms with Crippen molar-refractivity contribution < 1.29 is 14.3 Å². The first-order valence-electron chi connectivity index (χ1n) is 11.2. The van der Waals surface area contributed by atoms with Crippen molar-refractivity contribution in [3.63, 3.8) is 0 Å². The number of cyclic esters (lactones) is 1. The largest absolute Gasteiger partial charge is 0.471 e. The average Bonchev–Trinajstić information content (AvgIpc) is 3.54. The van der Waals surface area contributed by atoms with Gasteiger partial charge in [0, 0.05) is 44.8 Å². The van der Waals surface area contributed by atoms with Crippen LogP contribution in [0.2, 0.25) is 0 Å². The van der Waals surface area contributed by atoms with E-state index in [-0.39, 0.29) is 12.0 Å². The Balaban J connectivity index is 1.17. The van der Waals surface area contributed by atoms with Crippen LogP contribution in [-0.2, 0) is 17.9 Å². The highest BCUT2D eigenvalue weighted by molar-refractivity contribution is 5.94. The Morgan fingerprint density at radius 1 is 1.21 bits per heavy atom. The maximum absolute atomic E-state index is 11.9. The van der Waals surface area contributed by atoms with Crippen LogP contribution in [0.5, 0.6) is 5.75 Å². The van der Waals surface area contributed by atoms with Crippen LogP contribution in [0.4, 0.5) is 5.69 Å². The maximum Gasteiger partial charge on any atom is 0.338 e. The Labute approximate surface area is 191 Å². The predicted octanol–water partition coefficient (Wildman–Crippen LogP) is 2.18. The van der Waals surface area contributed by atoms with E-state index in [2.05, 4.69) is 44.5 Å². The monoisotopic (exact) mass is 446 g/mol. The van der Waals surface area contributed by atoms with E-state index in [9.17, 15) is 4.79 Å². The zero-order chi connectivity index (χ0) is 22.5. The Kier molecular flexibility index (Phi) is 4.81. The van der Waals surface area contributed by atoms with Crippen LogP contribution < -0.4 is 15.0 Å². The van der Waals surface area contributed by atoms with Gasteiger partial charge in [-0.2, -0.15) is 0 Å². The lowest BCUT2D eigenvalue weighted by molar-refractivity contribution is 0.0535. The molecule has 0 unspecified atom stereocenters. The number of anilines is 1. The summed E-state index contributed by atoms with van der Waals surface area (Å²) < 4.78 is 12.7. The molecule has 1 aromatic heterocycles.